The molecular formula is C25H19ClN4O3. The number of imide groups is 1. The van der Waals surface area contributed by atoms with E-state index in [0.29, 0.717) is 11.3 Å². The summed E-state index contributed by atoms with van der Waals surface area (Å²) in [7, 11) is 0. The van der Waals surface area contributed by atoms with Crippen LogP contribution in [0.25, 0.3) is 0 Å². The van der Waals surface area contributed by atoms with Gasteiger partial charge in [-0.1, -0.05) is 72.3 Å². The van der Waals surface area contributed by atoms with Crippen LogP contribution < -0.4 is 10.6 Å². The van der Waals surface area contributed by atoms with Crippen LogP contribution in [0.3, 0.4) is 0 Å². The highest BCUT2D eigenvalue weighted by Crippen LogP contribution is 2.33. The lowest BCUT2D eigenvalue weighted by atomic mass is 9.83. The van der Waals surface area contributed by atoms with Crippen molar-refractivity contribution < 1.29 is 14.4 Å². The van der Waals surface area contributed by atoms with Crippen LogP contribution in [0.5, 0.6) is 0 Å². The van der Waals surface area contributed by atoms with E-state index in [1.165, 1.54) is 18.2 Å². The summed E-state index contributed by atoms with van der Waals surface area (Å²) in [5, 5.41) is 14.6. The van der Waals surface area contributed by atoms with Gasteiger partial charge in [-0.15, -0.1) is 0 Å². The Balaban J connectivity index is 1.58. The van der Waals surface area contributed by atoms with Crippen molar-refractivity contribution in [3.05, 3.63) is 101 Å². The number of nitriles is 1. The Morgan fingerprint density at radius 1 is 1.03 bits per heavy atom. The molecule has 1 saturated heterocycles. The van der Waals surface area contributed by atoms with E-state index in [1.54, 1.807) is 24.3 Å². The number of hydrogen-bond donors (Lipinski definition) is 2. The smallest absolute Gasteiger partial charge is 0.324 e. The van der Waals surface area contributed by atoms with Crippen molar-refractivity contribution in [3.8, 4) is 6.07 Å². The summed E-state index contributed by atoms with van der Waals surface area (Å²) in [5.74, 6) is -1.07. The lowest BCUT2D eigenvalue weighted by Crippen LogP contribution is -2.46. The molecule has 3 aromatic rings. The van der Waals surface area contributed by atoms with Crippen LogP contribution in [0.4, 0.5) is 10.5 Å². The van der Waals surface area contributed by atoms with Crippen LogP contribution in [0, 0.1) is 11.3 Å². The maximum Gasteiger partial charge on any atom is 0.325 e. The van der Waals surface area contributed by atoms with Crippen molar-refractivity contribution in [2.24, 2.45) is 0 Å². The number of urea groups is 1. The second kappa shape index (κ2) is 9.15. The molecule has 164 valence electrons. The highest BCUT2D eigenvalue weighted by atomic mass is 35.5. The fourth-order valence-corrected chi connectivity index (χ4v) is 4.06. The van der Waals surface area contributed by atoms with Crippen LogP contribution in [0.2, 0.25) is 5.02 Å². The number of anilines is 1. The Morgan fingerprint density at radius 3 is 2.33 bits per heavy atom. The van der Waals surface area contributed by atoms with Crippen molar-refractivity contribution in [3.63, 3.8) is 0 Å². The summed E-state index contributed by atoms with van der Waals surface area (Å²) >= 11 is 6.01. The molecule has 33 heavy (non-hydrogen) atoms. The number of rotatable bonds is 6. The molecule has 0 spiro atoms. The molecule has 1 unspecified atom stereocenters. The average Bonchev–Trinajstić information content (AvgIpc) is 3.05. The number of halogens is 1. The Hall–Kier alpha value is -4.15. The zero-order valence-corrected chi connectivity index (χ0v) is 18.2. The fraction of sp³-hybridized carbons (Fsp3) is 0.120. The van der Waals surface area contributed by atoms with E-state index in [1.807, 2.05) is 42.5 Å². The van der Waals surface area contributed by atoms with Crippen molar-refractivity contribution in [2.75, 3.05) is 11.9 Å². The van der Waals surface area contributed by atoms with Crippen molar-refractivity contribution >= 4 is 35.1 Å². The molecule has 0 aliphatic carbocycles. The maximum atomic E-state index is 13.6. The first-order valence-electron chi connectivity index (χ1n) is 10.2. The van der Waals surface area contributed by atoms with Crippen molar-refractivity contribution in [2.45, 2.75) is 12.0 Å². The van der Waals surface area contributed by atoms with E-state index in [2.05, 4.69) is 10.6 Å². The SMILES string of the molecule is N#Cc1ccc(NC(=O)CN2C(=O)NC(Cc3ccccc3)(c3ccccc3)C2=O)cc1Cl. The van der Waals surface area contributed by atoms with Gasteiger partial charge in [0.2, 0.25) is 5.91 Å². The van der Waals surface area contributed by atoms with Gasteiger partial charge in [0.25, 0.3) is 5.91 Å². The molecule has 3 aromatic carbocycles. The summed E-state index contributed by atoms with van der Waals surface area (Å²) in [6.45, 7) is -0.467. The highest BCUT2D eigenvalue weighted by molar-refractivity contribution is 6.32. The molecule has 1 aliphatic rings. The van der Waals surface area contributed by atoms with Gasteiger partial charge in [-0.25, -0.2) is 4.79 Å². The third kappa shape index (κ3) is 4.43. The third-order valence-corrected chi connectivity index (χ3v) is 5.74. The monoisotopic (exact) mass is 458 g/mol. The Kier molecular flexibility index (Phi) is 6.11. The minimum Gasteiger partial charge on any atom is -0.324 e. The van der Waals surface area contributed by atoms with Gasteiger partial charge in [0.05, 0.1) is 10.6 Å². The minimum absolute atomic E-state index is 0.191. The molecule has 0 radical (unpaired) electrons. The number of carbonyl (C=O) groups excluding carboxylic acids is 3. The molecule has 4 rings (SSSR count). The van der Waals surface area contributed by atoms with Gasteiger partial charge in [-0.2, -0.15) is 5.26 Å². The summed E-state index contributed by atoms with van der Waals surface area (Å²) in [5.41, 5.74) is 0.812. The highest BCUT2D eigenvalue weighted by Gasteiger charge is 2.52. The van der Waals surface area contributed by atoms with E-state index in [9.17, 15) is 14.4 Å². The molecule has 1 aliphatic heterocycles. The lowest BCUT2D eigenvalue weighted by molar-refractivity contribution is -0.134. The zero-order chi connectivity index (χ0) is 23.4. The number of nitrogens with one attached hydrogen (secondary N) is 2. The first-order valence-corrected chi connectivity index (χ1v) is 10.5. The van der Waals surface area contributed by atoms with E-state index >= 15 is 0 Å². The molecule has 2 N–H and O–H groups in total. The third-order valence-electron chi connectivity index (χ3n) is 5.43. The van der Waals surface area contributed by atoms with Crippen molar-refractivity contribution in [1.82, 2.24) is 10.2 Å². The van der Waals surface area contributed by atoms with Crippen LogP contribution in [0.15, 0.2) is 78.9 Å². The standard InChI is InChI=1S/C25H19ClN4O3/c26-21-13-20(12-11-18(21)15-27)28-22(31)16-30-23(32)25(29-24(30)33,19-9-5-2-6-10-19)14-17-7-3-1-4-8-17/h1-13H,14,16H2,(H,28,31)(H,29,33). The van der Waals surface area contributed by atoms with Crippen LogP contribution in [-0.2, 0) is 21.5 Å². The number of benzene rings is 3. The number of carbonyl (C=O) groups is 3. The normalized spacial score (nSPS) is 17.4. The molecule has 0 bridgehead atoms. The molecular weight excluding hydrogens is 440 g/mol. The van der Waals surface area contributed by atoms with Crippen LogP contribution in [-0.4, -0.2) is 29.3 Å². The van der Waals surface area contributed by atoms with Gasteiger partial charge in [0.1, 0.15) is 12.6 Å². The molecule has 1 heterocycles. The van der Waals surface area contributed by atoms with E-state index in [0.717, 1.165) is 10.5 Å². The van der Waals surface area contributed by atoms with E-state index in [-0.39, 0.29) is 17.0 Å². The van der Waals surface area contributed by atoms with Crippen molar-refractivity contribution in [1.29, 1.82) is 5.26 Å². The molecule has 4 amide bonds. The maximum absolute atomic E-state index is 13.6. The largest absolute Gasteiger partial charge is 0.325 e. The second-order valence-electron chi connectivity index (χ2n) is 7.61. The molecule has 0 aromatic heterocycles. The van der Waals surface area contributed by atoms with Crippen LogP contribution in [0.1, 0.15) is 16.7 Å². The second-order valence-corrected chi connectivity index (χ2v) is 8.02. The topological polar surface area (TPSA) is 102 Å². The van der Waals surface area contributed by atoms with Gasteiger partial charge in [-0.05, 0) is 29.3 Å². The van der Waals surface area contributed by atoms with E-state index in [4.69, 9.17) is 16.9 Å². The summed E-state index contributed by atoms with van der Waals surface area (Å²) in [6, 6.07) is 24.1. The van der Waals surface area contributed by atoms with E-state index < -0.39 is 29.9 Å². The summed E-state index contributed by atoms with van der Waals surface area (Å²) in [4.78, 5) is 40.0. The fourth-order valence-electron chi connectivity index (χ4n) is 3.84. The zero-order valence-electron chi connectivity index (χ0n) is 17.4. The summed E-state index contributed by atoms with van der Waals surface area (Å²) in [6.07, 6.45) is 0.242. The van der Waals surface area contributed by atoms with Gasteiger partial charge in [0, 0.05) is 12.1 Å². The molecule has 0 saturated carbocycles. The predicted molar refractivity (Wildman–Crippen MR) is 123 cm³/mol. The average molecular weight is 459 g/mol. The molecule has 8 heteroatoms. The molecule has 1 atom stereocenters. The predicted octanol–water partition coefficient (Wildman–Crippen LogP) is 3.84. The van der Waals surface area contributed by atoms with Gasteiger partial charge >= 0.3 is 6.03 Å². The van der Waals surface area contributed by atoms with Gasteiger partial charge in [0.15, 0.2) is 5.54 Å². The molecule has 7 nitrogen and oxygen atoms in total. The first kappa shape index (κ1) is 22.1. The number of amides is 4. The Morgan fingerprint density at radius 2 is 1.70 bits per heavy atom. The van der Waals surface area contributed by atoms with Gasteiger partial charge < -0.3 is 10.6 Å². The quantitative estimate of drug-likeness (QED) is 0.548. The minimum atomic E-state index is -1.32. The van der Waals surface area contributed by atoms with Gasteiger partial charge in [-0.3, -0.25) is 14.5 Å². The first-order chi connectivity index (χ1) is 15.9. The summed E-state index contributed by atoms with van der Waals surface area (Å²) < 4.78 is 0. The Labute approximate surface area is 195 Å². The van der Waals surface area contributed by atoms with Crippen LogP contribution >= 0.6 is 11.6 Å². The Bertz CT molecular complexity index is 1260. The molecule has 1 fully saturated rings. The number of nitrogens with zero attached hydrogens (tertiary/aromatic N) is 2. The number of hydrogen-bond acceptors (Lipinski definition) is 4. The lowest BCUT2D eigenvalue weighted by Gasteiger charge is -2.27.